The number of aliphatic hydroxyl groups is 2. The summed E-state index contributed by atoms with van der Waals surface area (Å²) < 4.78 is 6.23. The van der Waals surface area contributed by atoms with E-state index < -0.39 is 0 Å². The van der Waals surface area contributed by atoms with Gasteiger partial charge in [0.05, 0.1) is 17.8 Å². The van der Waals surface area contributed by atoms with Crippen molar-refractivity contribution in [2.75, 3.05) is 6.61 Å². The maximum absolute atomic E-state index is 11.3. The second-order valence-corrected chi connectivity index (χ2v) is 13.5. The van der Waals surface area contributed by atoms with E-state index in [1.807, 2.05) is 0 Å². The standard InChI is InChI=1S/C29H54O3/c1-19(2)9-8-10-20(3)22-11-12-24-23(22)13-14-26(25(24)18-30)29(7)16-15-21(17-27(29)31)32-28(4,5)6/h19-27,30-31H,8-18H2,1-7H3/t20-,21-,22-,23+,24+,25-,26-,27-,29-/m0/s1. The van der Waals surface area contributed by atoms with E-state index in [1.54, 1.807) is 0 Å². The first kappa shape index (κ1) is 26.5. The van der Waals surface area contributed by atoms with Crippen LogP contribution in [0.4, 0.5) is 0 Å². The topological polar surface area (TPSA) is 49.7 Å². The molecule has 2 N–H and O–H groups in total. The summed E-state index contributed by atoms with van der Waals surface area (Å²) in [5, 5.41) is 21.9. The van der Waals surface area contributed by atoms with Crippen LogP contribution in [0, 0.1) is 46.8 Å². The summed E-state index contributed by atoms with van der Waals surface area (Å²) in [5.41, 5.74) is -0.244. The number of fused-ring (bicyclic) bond motifs is 1. The minimum Gasteiger partial charge on any atom is -0.396 e. The van der Waals surface area contributed by atoms with E-state index in [-0.39, 0.29) is 23.2 Å². The highest BCUT2D eigenvalue weighted by Crippen LogP contribution is 2.59. The molecule has 3 saturated carbocycles. The van der Waals surface area contributed by atoms with Crippen LogP contribution >= 0.6 is 0 Å². The van der Waals surface area contributed by atoms with Crippen LogP contribution in [0.25, 0.3) is 0 Å². The smallest absolute Gasteiger partial charge is 0.0621 e. The Morgan fingerprint density at radius 2 is 1.66 bits per heavy atom. The summed E-state index contributed by atoms with van der Waals surface area (Å²) >= 11 is 0. The fourth-order valence-corrected chi connectivity index (χ4v) is 8.14. The van der Waals surface area contributed by atoms with Gasteiger partial charge >= 0.3 is 0 Å². The zero-order valence-electron chi connectivity index (χ0n) is 22.3. The molecule has 0 aliphatic heterocycles. The van der Waals surface area contributed by atoms with Gasteiger partial charge in [-0.15, -0.1) is 0 Å². The Morgan fingerprint density at radius 3 is 2.25 bits per heavy atom. The summed E-state index contributed by atoms with van der Waals surface area (Å²) in [5.74, 6) is 4.71. The van der Waals surface area contributed by atoms with Crippen molar-refractivity contribution in [1.29, 1.82) is 0 Å². The van der Waals surface area contributed by atoms with Gasteiger partial charge in [0.25, 0.3) is 0 Å². The van der Waals surface area contributed by atoms with Crippen LogP contribution in [0.2, 0.25) is 0 Å². The summed E-state index contributed by atoms with van der Waals surface area (Å²) in [7, 11) is 0. The quantitative estimate of drug-likeness (QED) is 0.425. The first-order valence-electron chi connectivity index (χ1n) is 13.9. The fraction of sp³-hybridized carbons (Fsp3) is 1.00. The highest BCUT2D eigenvalue weighted by Gasteiger charge is 2.54. The second-order valence-electron chi connectivity index (χ2n) is 13.5. The van der Waals surface area contributed by atoms with Gasteiger partial charge in [0.1, 0.15) is 0 Å². The third-order valence-electron chi connectivity index (χ3n) is 9.81. The molecule has 0 amide bonds. The number of rotatable bonds is 8. The van der Waals surface area contributed by atoms with E-state index in [4.69, 9.17) is 4.74 Å². The van der Waals surface area contributed by atoms with E-state index in [9.17, 15) is 10.2 Å². The summed E-state index contributed by atoms with van der Waals surface area (Å²) in [6.07, 6.45) is 11.8. The SMILES string of the molecule is CC(C)CCC[C@H](C)[C@@H]1CC[C@@H]2[C@@H]1CC[C@H]([C@]1(C)CC[C@H](OC(C)(C)C)C[C@@H]1O)[C@H]2CO. The largest absolute Gasteiger partial charge is 0.396 e. The summed E-state index contributed by atoms with van der Waals surface area (Å²) in [4.78, 5) is 0. The minimum atomic E-state index is -0.327. The van der Waals surface area contributed by atoms with E-state index in [0.717, 1.165) is 42.9 Å². The zero-order chi connectivity index (χ0) is 23.7. The molecule has 3 nitrogen and oxygen atoms in total. The van der Waals surface area contributed by atoms with Gasteiger partial charge in [0, 0.05) is 13.0 Å². The summed E-state index contributed by atoms with van der Waals surface area (Å²) in [6, 6.07) is 0. The zero-order valence-corrected chi connectivity index (χ0v) is 22.3. The van der Waals surface area contributed by atoms with Gasteiger partial charge in [-0.05, 0) is 106 Å². The predicted octanol–water partition coefficient (Wildman–Crippen LogP) is 6.84. The lowest BCUT2D eigenvalue weighted by atomic mass is 9.53. The first-order chi connectivity index (χ1) is 15.0. The normalized spacial score (nSPS) is 41.6. The summed E-state index contributed by atoms with van der Waals surface area (Å²) in [6.45, 7) is 16.1. The van der Waals surface area contributed by atoms with Crippen molar-refractivity contribution >= 4 is 0 Å². The van der Waals surface area contributed by atoms with E-state index in [2.05, 4.69) is 48.5 Å². The number of ether oxygens (including phenoxy) is 1. The number of aliphatic hydroxyl groups excluding tert-OH is 2. The van der Waals surface area contributed by atoms with Gasteiger partial charge < -0.3 is 14.9 Å². The molecular formula is C29H54O3. The monoisotopic (exact) mass is 450 g/mol. The lowest BCUT2D eigenvalue weighted by Gasteiger charge is -2.54. The van der Waals surface area contributed by atoms with Crippen molar-refractivity contribution in [3.05, 3.63) is 0 Å². The minimum absolute atomic E-state index is 0.0862. The molecular weight excluding hydrogens is 396 g/mol. The fourth-order valence-electron chi connectivity index (χ4n) is 8.14. The van der Waals surface area contributed by atoms with Crippen molar-refractivity contribution < 1.29 is 14.9 Å². The molecule has 9 atom stereocenters. The predicted molar refractivity (Wildman–Crippen MR) is 133 cm³/mol. The van der Waals surface area contributed by atoms with Crippen molar-refractivity contribution in [2.24, 2.45) is 46.8 Å². The van der Waals surface area contributed by atoms with Crippen LogP contribution < -0.4 is 0 Å². The Hall–Kier alpha value is -0.120. The molecule has 3 fully saturated rings. The van der Waals surface area contributed by atoms with Gasteiger partial charge in [0.2, 0.25) is 0 Å². The van der Waals surface area contributed by atoms with Gasteiger partial charge in [-0.25, -0.2) is 0 Å². The average Bonchev–Trinajstić information content (AvgIpc) is 3.13. The van der Waals surface area contributed by atoms with Crippen LogP contribution in [0.15, 0.2) is 0 Å². The highest BCUT2D eigenvalue weighted by molar-refractivity contribution is 5.03. The number of hydrogen-bond donors (Lipinski definition) is 2. The van der Waals surface area contributed by atoms with Crippen molar-refractivity contribution in [3.8, 4) is 0 Å². The molecule has 3 heteroatoms. The second kappa shape index (κ2) is 10.6. The molecule has 0 saturated heterocycles. The molecule has 3 rings (SSSR count). The molecule has 0 aromatic carbocycles. The van der Waals surface area contributed by atoms with Gasteiger partial charge in [-0.3, -0.25) is 0 Å². The molecule has 0 heterocycles. The molecule has 0 radical (unpaired) electrons. The molecule has 0 unspecified atom stereocenters. The van der Waals surface area contributed by atoms with Crippen molar-refractivity contribution in [2.45, 2.75) is 130 Å². The third kappa shape index (κ3) is 5.92. The molecule has 188 valence electrons. The molecule has 3 aliphatic rings. The van der Waals surface area contributed by atoms with Crippen LogP contribution in [0.5, 0.6) is 0 Å². The van der Waals surface area contributed by atoms with Gasteiger partial charge in [-0.1, -0.05) is 47.0 Å². The van der Waals surface area contributed by atoms with Crippen LogP contribution in [-0.4, -0.2) is 34.6 Å². The van der Waals surface area contributed by atoms with E-state index in [0.29, 0.717) is 24.4 Å². The molecule has 0 bridgehead atoms. The van der Waals surface area contributed by atoms with Gasteiger partial charge in [-0.2, -0.15) is 0 Å². The maximum atomic E-state index is 11.3. The Morgan fingerprint density at radius 1 is 0.969 bits per heavy atom. The van der Waals surface area contributed by atoms with Gasteiger partial charge in [0.15, 0.2) is 0 Å². The lowest BCUT2D eigenvalue weighted by Crippen LogP contribution is -2.52. The third-order valence-corrected chi connectivity index (χ3v) is 9.81. The highest BCUT2D eigenvalue weighted by atomic mass is 16.5. The molecule has 0 spiro atoms. The van der Waals surface area contributed by atoms with Crippen LogP contribution in [-0.2, 0) is 4.74 Å². The Kier molecular flexibility index (Phi) is 8.81. The van der Waals surface area contributed by atoms with E-state index >= 15 is 0 Å². The Labute approximate surface area is 199 Å². The Bertz CT molecular complexity index is 581. The van der Waals surface area contributed by atoms with Crippen LogP contribution in [0.1, 0.15) is 113 Å². The first-order valence-corrected chi connectivity index (χ1v) is 13.9. The average molecular weight is 451 g/mol. The number of hydrogen-bond acceptors (Lipinski definition) is 3. The maximum Gasteiger partial charge on any atom is 0.0621 e. The molecule has 32 heavy (non-hydrogen) atoms. The Balaban J connectivity index is 1.64. The molecule has 0 aromatic heterocycles. The van der Waals surface area contributed by atoms with Crippen molar-refractivity contribution in [3.63, 3.8) is 0 Å². The van der Waals surface area contributed by atoms with E-state index in [1.165, 1.54) is 44.9 Å². The molecule has 0 aromatic rings. The lowest BCUT2D eigenvalue weighted by molar-refractivity contribution is -0.154. The van der Waals surface area contributed by atoms with Crippen LogP contribution in [0.3, 0.4) is 0 Å². The molecule has 3 aliphatic carbocycles. The van der Waals surface area contributed by atoms with Crippen molar-refractivity contribution in [1.82, 2.24) is 0 Å².